The van der Waals surface area contributed by atoms with Crippen LogP contribution in [0.5, 0.6) is 5.75 Å². The van der Waals surface area contributed by atoms with Crippen LogP contribution in [-0.4, -0.2) is 47.9 Å². The molecule has 1 fully saturated rings. The molecule has 5 nitrogen and oxygen atoms in total. The second-order valence-electron chi connectivity index (χ2n) is 8.98. The summed E-state index contributed by atoms with van der Waals surface area (Å²) in [6.07, 6.45) is 4.79. The number of imide groups is 1. The first-order valence-corrected chi connectivity index (χ1v) is 12.2. The maximum atomic E-state index is 13.4. The molecule has 2 heterocycles. The minimum absolute atomic E-state index is 0.148. The Morgan fingerprint density at radius 3 is 2.21 bits per heavy atom. The molecule has 1 saturated heterocycles. The van der Waals surface area contributed by atoms with Crippen LogP contribution in [0.15, 0.2) is 60.3 Å². The molecular formula is C28H34N2O3. The summed E-state index contributed by atoms with van der Waals surface area (Å²) in [5.41, 5.74) is 3.27. The van der Waals surface area contributed by atoms with Gasteiger partial charge >= 0.3 is 0 Å². The SMILES string of the molecule is CCCOc1ccc(C2=C(N3CCC(Cc4ccccc4)CC3)C(=O)N(CCC)C2=O)cc1. The molecule has 0 atom stereocenters. The lowest BCUT2D eigenvalue weighted by molar-refractivity contribution is -0.137. The van der Waals surface area contributed by atoms with E-state index in [9.17, 15) is 9.59 Å². The second kappa shape index (κ2) is 10.7. The molecule has 0 unspecified atom stereocenters. The number of carbonyl (C=O) groups excluding carboxylic acids is 2. The van der Waals surface area contributed by atoms with Gasteiger partial charge in [-0.25, -0.2) is 0 Å². The molecule has 2 aliphatic heterocycles. The van der Waals surface area contributed by atoms with Crippen LogP contribution >= 0.6 is 0 Å². The van der Waals surface area contributed by atoms with Crippen LogP contribution in [0, 0.1) is 5.92 Å². The van der Waals surface area contributed by atoms with Crippen molar-refractivity contribution < 1.29 is 14.3 Å². The molecule has 2 aromatic carbocycles. The van der Waals surface area contributed by atoms with Crippen molar-refractivity contribution in [3.05, 3.63) is 71.4 Å². The third kappa shape index (κ3) is 5.13. The van der Waals surface area contributed by atoms with Crippen molar-refractivity contribution in [2.75, 3.05) is 26.2 Å². The minimum Gasteiger partial charge on any atom is -0.494 e. The fraction of sp³-hybridized carbons (Fsp3) is 0.429. The standard InChI is InChI=1S/C28H34N2O3/c1-3-16-30-27(31)25(23-10-12-24(13-11-23)33-19-4-2)26(28(30)32)29-17-14-22(15-18-29)20-21-8-6-5-7-9-21/h5-13,22H,3-4,14-20H2,1-2H3. The van der Waals surface area contributed by atoms with Crippen molar-refractivity contribution in [2.24, 2.45) is 5.92 Å². The molecule has 0 aliphatic carbocycles. The molecule has 0 saturated carbocycles. The van der Waals surface area contributed by atoms with E-state index < -0.39 is 0 Å². The average molecular weight is 447 g/mol. The number of piperidine rings is 1. The van der Waals surface area contributed by atoms with Gasteiger partial charge < -0.3 is 9.64 Å². The molecule has 174 valence electrons. The summed E-state index contributed by atoms with van der Waals surface area (Å²) in [4.78, 5) is 30.2. The zero-order valence-corrected chi connectivity index (χ0v) is 19.8. The van der Waals surface area contributed by atoms with E-state index in [1.54, 1.807) is 0 Å². The summed E-state index contributed by atoms with van der Waals surface area (Å²) in [7, 11) is 0. The van der Waals surface area contributed by atoms with Gasteiger partial charge in [0.25, 0.3) is 11.8 Å². The van der Waals surface area contributed by atoms with Crippen LogP contribution in [0.1, 0.15) is 50.7 Å². The van der Waals surface area contributed by atoms with Crippen LogP contribution in [0.4, 0.5) is 0 Å². The Labute approximate surface area is 197 Å². The Bertz CT molecular complexity index is 990. The van der Waals surface area contributed by atoms with Gasteiger partial charge in [-0.15, -0.1) is 0 Å². The Hall–Kier alpha value is -3.08. The van der Waals surface area contributed by atoms with Crippen molar-refractivity contribution in [2.45, 2.75) is 46.0 Å². The average Bonchev–Trinajstić information content (AvgIpc) is 3.09. The van der Waals surface area contributed by atoms with Crippen LogP contribution in [0.2, 0.25) is 0 Å². The van der Waals surface area contributed by atoms with Crippen LogP contribution in [0.3, 0.4) is 0 Å². The number of ether oxygens (including phenoxy) is 1. The normalized spacial score (nSPS) is 17.3. The van der Waals surface area contributed by atoms with Gasteiger partial charge in [-0.1, -0.05) is 56.3 Å². The molecule has 0 bridgehead atoms. The Morgan fingerprint density at radius 1 is 0.879 bits per heavy atom. The van der Waals surface area contributed by atoms with Crippen molar-refractivity contribution >= 4 is 17.4 Å². The molecule has 2 amide bonds. The summed E-state index contributed by atoms with van der Waals surface area (Å²) < 4.78 is 5.70. The van der Waals surface area contributed by atoms with Crippen LogP contribution in [-0.2, 0) is 16.0 Å². The zero-order valence-electron chi connectivity index (χ0n) is 19.8. The quantitative estimate of drug-likeness (QED) is 0.513. The molecule has 0 radical (unpaired) electrons. The van der Waals surface area contributed by atoms with E-state index in [4.69, 9.17) is 4.74 Å². The summed E-state index contributed by atoms with van der Waals surface area (Å²) in [6, 6.07) is 18.2. The molecule has 33 heavy (non-hydrogen) atoms. The summed E-state index contributed by atoms with van der Waals surface area (Å²) in [5.74, 6) is 1.06. The minimum atomic E-state index is -0.175. The number of carbonyl (C=O) groups is 2. The molecule has 4 rings (SSSR count). The Kier molecular flexibility index (Phi) is 7.48. The van der Waals surface area contributed by atoms with E-state index in [-0.39, 0.29) is 11.8 Å². The molecule has 5 heteroatoms. The van der Waals surface area contributed by atoms with Gasteiger partial charge in [0.15, 0.2) is 0 Å². The smallest absolute Gasteiger partial charge is 0.277 e. The van der Waals surface area contributed by atoms with E-state index in [0.717, 1.165) is 56.5 Å². The highest BCUT2D eigenvalue weighted by molar-refractivity contribution is 6.35. The number of hydrogen-bond acceptors (Lipinski definition) is 4. The Balaban J connectivity index is 1.55. The number of rotatable bonds is 9. The molecule has 2 aromatic rings. The van der Waals surface area contributed by atoms with Gasteiger partial charge in [0.2, 0.25) is 0 Å². The first-order chi connectivity index (χ1) is 16.1. The van der Waals surface area contributed by atoms with Crippen molar-refractivity contribution in [3.63, 3.8) is 0 Å². The maximum absolute atomic E-state index is 13.4. The lowest BCUT2D eigenvalue weighted by Crippen LogP contribution is -2.39. The molecule has 0 spiro atoms. The zero-order chi connectivity index (χ0) is 23.2. The number of hydrogen-bond donors (Lipinski definition) is 0. The highest BCUT2D eigenvalue weighted by Gasteiger charge is 2.41. The van der Waals surface area contributed by atoms with E-state index in [2.05, 4.69) is 36.1 Å². The topological polar surface area (TPSA) is 49.9 Å². The van der Waals surface area contributed by atoms with E-state index >= 15 is 0 Å². The fourth-order valence-corrected chi connectivity index (χ4v) is 4.79. The van der Waals surface area contributed by atoms with Crippen molar-refractivity contribution in [1.29, 1.82) is 0 Å². The third-order valence-corrected chi connectivity index (χ3v) is 6.50. The summed E-state index contributed by atoms with van der Waals surface area (Å²) >= 11 is 0. The van der Waals surface area contributed by atoms with Gasteiger partial charge in [0, 0.05) is 19.6 Å². The highest BCUT2D eigenvalue weighted by Crippen LogP contribution is 2.35. The largest absolute Gasteiger partial charge is 0.494 e. The van der Waals surface area contributed by atoms with Crippen LogP contribution in [0.25, 0.3) is 5.57 Å². The van der Waals surface area contributed by atoms with E-state index in [0.29, 0.717) is 30.3 Å². The first-order valence-electron chi connectivity index (χ1n) is 12.2. The number of likely N-dealkylation sites (tertiary alicyclic amines) is 1. The second-order valence-corrected chi connectivity index (χ2v) is 8.98. The number of benzene rings is 2. The van der Waals surface area contributed by atoms with Crippen LogP contribution < -0.4 is 4.74 Å². The van der Waals surface area contributed by atoms with Gasteiger partial charge in [-0.3, -0.25) is 14.5 Å². The lowest BCUT2D eigenvalue weighted by Gasteiger charge is -2.34. The summed E-state index contributed by atoms with van der Waals surface area (Å²) in [5, 5.41) is 0. The lowest BCUT2D eigenvalue weighted by atomic mass is 9.89. The predicted molar refractivity (Wildman–Crippen MR) is 131 cm³/mol. The number of nitrogens with zero attached hydrogens (tertiary/aromatic N) is 2. The summed E-state index contributed by atoms with van der Waals surface area (Å²) in [6.45, 7) is 6.77. The van der Waals surface area contributed by atoms with E-state index in [1.807, 2.05) is 37.3 Å². The van der Waals surface area contributed by atoms with Gasteiger partial charge in [-0.05, 0) is 61.3 Å². The molecule has 2 aliphatic rings. The molecule has 0 N–H and O–H groups in total. The van der Waals surface area contributed by atoms with E-state index in [1.165, 1.54) is 10.5 Å². The van der Waals surface area contributed by atoms with Crippen molar-refractivity contribution in [1.82, 2.24) is 9.80 Å². The Morgan fingerprint density at radius 2 is 1.58 bits per heavy atom. The number of amides is 2. The monoisotopic (exact) mass is 446 g/mol. The van der Waals surface area contributed by atoms with Crippen molar-refractivity contribution in [3.8, 4) is 5.75 Å². The molecular weight excluding hydrogens is 412 g/mol. The highest BCUT2D eigenvalue weighted by atomic mass is 16.5. The van der Waals surface area contributed by atoms with Gasteiger partial charge in [0.05, 0.1) is 12.2 Å². The van der Waals surface area contributed by atoms with Gasteiger partial charge in [-0.2, -0.15) is 0 Å². The third-order valence-electron chi connectivity index (χ3n) is 6.50. The molecule has 0 aromatic heterocycles. The maximum Gasteiger partial charge on any atom is 0.277 e. The predicted octanol–water partition coefficient (Wildman–Crippen LogP) is 4.92. The van der Waals surface area contributed by atoms with Gasteiger partial charge in [0.1, 0.15) is 11.4 Å². The fourth-order valence-electron chi connectivity index (χ4n) is 4.79. The first kappa shape index (κ1) is 23.1.